The Morgan fingerprint density at radius 3 is 2.75 bits per heavy atom. The van der Waals surface area contributed by atoms with Gasteiger partial charge in [-0.05, 0) is 31.6 Å². The van der Waals surface area contributed by atoms with E-state index in [0.29, 0.717) is 12.1 Å². The Bertz CT molecular complexity index is 256. The van der Waals surface area contributed by atoms with Gasteiger partial charge in [-0.2, -0.15) is 5.26 Å². The molecule has 0 aromatic carbocycles. The molecule has 0 radical (unpaired) electrons. The van der Waals surface area contributed by atoms with E-state index in [1.165, 1.54) is 44.9 Å². The molecule has 4 atom stereocenters. The minimum absolute atomic E-state index is 0.280. The van der Waals surface area contributed by atoms with E-state index in [9.17, 15) is 0 Å². The lowest BCUT2D eigenvalue weighted by atomic mass is 9.83. The van der Waals surface area contributed by atoms with Gasteiger partial charge in [-0.3, -0.25) is 0 Å². The van der Waals surface area contributed by atoms with E-state index in [1.807, 2.05) is 0 Å². The molecule has 0 amide bonds. The van der Waals surface area contributed by atoms with E-state index in [4.69, 9.17) is 5.26 Å². The van der Waals surface area contributed by atoms with Gasteiger partial charge in [-0.25, -0.2) is 0 Å². The zero-order valence-electron chi connectivity index (χ0n) is 10.4. The summed E-state index contributed by atoms with van der Waals surface area (Å²) in [6.07, 6.45) is 10.3. The maximum absolute atomic E-state index is 9.07. The van der Waals surface area contributed by atoms with Gasteiger partial charge in [0.25, 0.3) is 0 Å². The Morgan fingerprint density at radius 1 is 1.19 bits per heavy atom. The van der Waals surface area contributed by atoms with Gasteiger partial charge in [0.1, 0.15) is 0 Å². The number of nitrogens with zero attached hydrogens (tertiary/aromatic N) is 1. The first kappa shape index (κ1) is 11.9. The molecule has 2 rings (SSSR count). The molecule has 4 unspecified atom stereocenters. The average molecular weight is 220 g/mol. The maximum atomic E-state index is 9.07. The summed E-state index contributed by atoms with van der Waals surface area (Å²) >= 11 is 0. The third-order valence-electron chi connectivity index (χ3n) is 4.49. The number of hydrogen-bond acceptors (Lipinski definition) is 2. The van der Waals surface area contributed by atoms with E-state index in [-0.39, 0.29) is 5.92 Å². The second-order valence-electron chi connectivity index (χ2n) is 5.58. The molecule has 0 heterocycles. The SMILES string of the molecule is CCC1CCCC(NC2CCCC2C#N)C1. The van der Waals surface area contributed by atoms with Gasteiger partial charge < -0.3 is 5.32 Å². The molecular weight excluding hydrogens is 196 g/mol. The highest BCUT2D eigenvalue weighted by Gasteiger charge is 2.30. The van der Waals surface area contributed by atoms with Gasteiger partial charge >= 0.3 is 0 Å². The molecule has 16 heavy (non-hydrogen) atoms. The van der Waals surface area contributed by atoms with Crippen LogP contribution in [0.1, 0.15) is 58.3 Å². The van der Waals surface area contributed by atoms with Gasteiger partial charge in [-0.1, -0.05) is 32.6 Å². The molecule has 0 spiro atoms. The molecule has 2 heteroatoms. The number of nitrogens with one attached hydrogen (secondary N) is 1. The minimum atomic E-state index is 0.280. The Balaban J connectivity index is 1.82. The molecule has 0 saturated heterocycles. The van der Waals surface area contributed by atoms with Gasteiger partial charge in [0.2, 0.25) is 0 Å². The van der Waals surface area contributed by atoms with Gasteiger partial charge in [0.15, 0.2) is 0 Å². The summed E-state index contributed by atoms with van der Waals surface area (Å²) in [5.74, 6) is 1.20. The van der Waals surface area contributed by atoms with Crippen molar-refractivity contribution < 1.29 is 0 Å². The van der Waals surface area contributed by atoms with Crippen molar-refractivity contribution in [2.75, 3.05) is 0 Å². The zero-order valence-corrected chi connectivity index (χ0v) is 10.4. The largest absolute Gasteiger partial charge is 0.310 e. The summed E-state index contributed by atoms with van der Waals surface area (Å²) in [5, 5.41) is 12.8. The van der Waals surface area contributed by atoms with Gasteiger partial charge in [0.05, 0.1) is 12.0 Å². The summed E-state index contributed by atoms with van der Waals surface area (Å²) in [5.41, 5.74) is 0. The first-order valence-corrected chi connectivity index (χ1v) is 6.99. The molecular formula is C14H24N2. The predicted octanol–water partition coefficient (Wildman–Crippen LogP) is 3.24. The van der Waals surface area contributed by atoms with Gasteiger partial charge in [0, 0.05) is 12.1 Å². The lowest BCUT2D eigenvalue weighted by Crippen LogP contribution is -2.42. The first-order chi connectivity index (χ1) is 7.83. The summed E-state index contributed by atoms with van der Waals surface area (Å²) in [6, 6.07) is 3.65. The van der Waals surface area contributed by atoms with Crippen LogP contribution in [0.3, 0.4) is 0 Å². The highest BCUT2D eigenvalue weighted by molar-refractivity contribution is 4.98. The second-order valence-corrected chi connectivity index (χ2v) is 5.58. The van der Waals surface area contributed by atoms with Crippen molar-refractivity contribution in [1.82, 2.24) is 5.32 Å². The highest BCUT2D eigenvalue weighted by Crippen LogP contribution is 2.30. The molecule has 2 nitrogen and oxygen atoms in total. The van der Waals surface area contributed by atoms with Crippen molar-refractivity contribution in [3.8, 4) is 6.07 Å². The summed E-state index contributed by atoms with van der Waals surface area (Å²) in [4.78, 5) is 0. The lowest BCUT2D eigenvalue weighted by Gasteiger charge is -2.32. The van der Waals surface area contributed by atoms with Crippen LogP contribution in [0.5, 0.6) is 0 Å². The normalized spacial score (nSPS) is 39.5. The topological polar surface area (TPSA) is 35.8 Å². The molecule has 0 aliphatic heterocycles. The molecule has 0 aromatic heterocycles. The van der Waals surface area contributed by atoms with Crippen molar-refractivity contribution in [2.24, 2.45) is 11.8 Å². The van der Waals surface area contributed by atoms with Crippen molar-refractivity contribution in [3.05, 3.63) is 0 Å². The Kier molecular flexibility index (Phi) is 4.23. The van der Waals surface area contributed by atoms with E-state index in [2.05, 4.69) is 18.3 Å². The average Bonchev–Trinajstić information content (AvgIpc) is 2.76. The molecule has 0 aromatic rings. The fraction of sp³-hybridized carbons (Fsp3) is 0.929. The van der Waals surface area contributed by atoms with Crippen molar-refractivity contribution in [1.29, 1.82) is 5.26 Å². The first-order valence-electron chi connectivity index (χ1n) is 6.99. The zero-order chi connectivity index (χ0) is 11.4. The number of rotatable bonds is 3. The van der Waals surface area contributed by atoms with Crippen LogP contribution in [0.2, 0.25) is 0 Å². The summed E-state index contributed by atoms with van der Waals surface area (Å²) in [7, 11) is 0. The quantitative estimate of drug-likeness (QED) is 0.792. The minimum Gasteiger partial charge on any atom is -0.310 e. The molecule has 2 fully saturated rings. The Morgan fingerprint density at radius 2 is 2.00 bits per heavy atom. The van der Waals surface area contributed by atoms with E-state index in [0.717, 1.165) is 12.3 Å². The maximum Gasteiger partial charge on any atom is 0.0672 e. The summed E-state index contributed by atoms with van der Waals surface area (Å²) in [6.45, 7) is 2.31. The summed E-state index contributed by atoms with van der Waals surface area (Å²) < 4.78 is 0. The molecule has 2 saturated carbocycles. The van der Waals surface area contributed by atoms with Crippen LogP contribution >= 0.6 is 0 Å². The molecule has 2 aliphatic carbocycles. The highest BCUT2D eigenvalue weighted by atomic mass is 15.0. The van der Waals surface area contributed by atoms with Crippen LogP contribution in [0, 0.1) is 23.2 Å². The van der Waals surface area contributed by atoms with E-state index >= 15 is 0 Å². The van der Waals surface area contributed by atoms with Crippen LogP contribution in [0.4, 0.5) is 0 Å². The fourth-order valence-electron chi connectivity index (χ4n) is 3.43. The monoisotopic (exact) mass is 220 g/mol. The van der Waals surface area contributed by atoms with Crippen molar-refractivity contribution >= 4 is 0 Å². The molecule has 0 bridgehead atoms. The standard InChI is InChI=1S/C14H24N2/c1-2-11-5-3-7-13(9-11)16-14-8-4-6-12(14)10-15/h11-14,16H,2-9H2,1H3. The van der Waals surface area contributed by atoms with E-state index < -0.39 is 0 Å². The van der Waals surface area contributed by atoms with Crippen LogP contribution in [0.15, 0.2) is 0 Å². The molecule has 2 aliphatic rings. The molecule has 90 valence electrons. The van der Waals surface area contributed by atoms with E-state index in [1.54, 1.807) is 0 Å². The third kappa shape index (κ3) is 2.77. The van der Waals surface area contributed by atoms with Gasteiger partial charge in [-0.15, -0.1) is 0 Å². The van der Waals surface area contributed by atoms with Crippen LogP contribution < -0.4 is 5.32 Å². The predicted molar refractivity (Wildman–Crippen MR) is 65.9 cm³/mol. The van der Waals surface area contributed by atoms with Crippen LogP contribution in [0.25, 0.3) is 0 Å². The second kappa shape index (κ2) is 5.68. The molecule has 1 N–H and O–H groups in total. The smallest absolute Gasteiger partial charge is 0.0672 e. The van der Waals surface area contributed by atoms with Crippen LogP contribution in [-0.4, -0.2) is 12.1 Å². The Labute approximate surface area is 99.4 Å². The number of nitriles is 1. The number of hydrogen-bond donors (Lipinski definition) is 1. The van der Waals surface area contributed by atoms with Crippen molar-refractivity contribution in [3.63, 3.8) is 0 Å². The van der Waals surface area contributed by atoms with Crippen molar-refractivity contribution in [2.45, 2.75) is 70.4 Å². The van der Waals surface area contributed by atoms with Crippen LogP contribution in [-0.2, 0) is 0 Å². The fourth-order valence-corrected chi connectivity index (χ4v) is 3.43. The Hall–Kier alpha value is -0.550. The third-order valence-corrected chi connectivity index (χ3v) is 4.49. The lowest BCUT2D eigenvalue weighted by molar-refractivity contribution is 0.254.